The van der Waals surface area contributed by atoms with Crippen LogP contribution >= 0.6 is 0 Å². The third-order valence-electron chi connectivity index (χ3n) is 14.0. The predicted molar refractivity (Wildman–Crippen MR) is 299 cm³/mol. The first-order valence-corrected chi connectivity index (χ1v) is 25.1. The van der Waals surface area contributed by atoms with E-state index in [-0.39, 0.29) is 0 Å². The first-order chi connectivity index (χ1) is 34.6. The van der Waals surface area contributed by atoms with Crippen LogP contribution in [0.4, 0.5) is 17.1 Å². The van der Waals surface area contributed by atoms with Crippen molar-refractivity contribution >= 4 is 39.0 Å². The van der Waals surface area contributed by atoms with E-state index in [1.165, 1.54) is 66.8 Å². The molecule has 0 saturated heterocycles. The largest absolute Gasteiger partial charge is 0.455 e. The Balaban J connectivity index is 0.00000138. The summed E-state index contributed by atoms with van der Waals surface area (Å²) < 4.78 is 6.51. The molecule has 0 unspecified atom stereocenters. The fourth-order valence-corrected chi connectivity index (χ4v) is 10.9. The molecule has 10 aromatic carbocycles. The van der Waals surface area contributed by atoms with Crippen LogP contribution in [0.3, 0.4) is 0 Å². The van der Waals surface area contributed by atoms with Gasteiger partial charge < -0.3 is 9.32 Å². The van der Waals surface area contributed by atoms with E-state index < -0.39 is 5.41 Å². The van der Waals surface area contributed by atoms with Crippen LogP contribution in [0.15, 0.2) is 241 Å². The van der Waals surface area contributed by atoms with Gasteiger partial charge in [0, 0.05) is 33.4 Å². The van der Waals surface area contributed by atoms with Crippen molar-refractivity contribution in [1.29, 1.82) is 0 Å². The molecule has 1 heterocycles. The summed E-state index contributed by atoms with van der Waals surface area (Å²) in [5.41, 5.74) is 22.0. The first-order valence-electron chi connectivity index (χ1n) is 25.1. The van der Waals surface area contributed by atoms with Gasteiger partial charge in [-0.05, 0) is 128 Å². The van der Waals surface area contributed by atoms with Gasteiger partial charge in [0.25, 0.3) is 0 Å². The van der Waals surface area contributed by atoms with Crippen molar-refractivity contribution < 1.29 is 4.42 Å². The molecule has 0 saturated carbocycles. The molecule has 12 rings (SSSR count). The quantitative estimate of drug-likeness (QED) is 0.143. The molecule has 0 bridgehead atoms. The summed E-state index contributed by atoms with van der Waals surface area (Å²) in [6, 6.07) is 86.6. The lowest BCUT2D eigenvalue weighted by Gasteiger charge is -2.35. The van der Waals surface area contributed by atoms with E-state index in [1.54, 1.807) is 0 Å². The van der Waals surface area contributed by atoms with Crippen molar-refractivity contribution in [3.05, 3.63) is 270 Å². The minimum Gasteiger partial charge on any atom is -0.455 e. The van der Waals surface area contributed by atoms with Gasteiger partial charge in [0.05, 0.1) is 5.41 Å². The Morgan fingerprint density at radius 3 is 1.54 bits per heavy atom. The third kappa shape index (κ3) is 7.71. The Morgan fingerprint density at radius 2 is 0.871 bits per heavy atom. The summed E-state index contributed by atoms with van der Waals surface area (Å²) >= 11 is 0. The molecule has 2 heteroatoms. The van der Waals surface area contributed by atoms with E-state index in [2.05, 4.69) is 243 Å². The Labute approximate surface area is 414 Å². The molecule has 0 fully saturated rings. The smallest absolute Gasteiger partial charge is 0.143 e. The van der Waals surface area contributed by atoms with Crippen LogP contribution in [0.2, 0.25) is 0 Å². The van der Waals surface area contributed by atoms with E-state index in [9.17, 15) is 0 Å². The zero-order valence-electron chi connectivity index (χ0n) is 41.1. The van der Waals surface area contributed by atoms with Gasteiger partial charge in [-0.15, -0.1) is 0 Å². The average molecular weight is 906 g/mol. The summed E-state index contributed by atoms with van der Waals surface area (Å²) in [7, 11) is 0. The molecular weight excluding hydrogens is 847 g/mol. The van der Waals surface area contributed by atoms with Crippen LogP contribution in [0.1, 0.15) is 68.0 Å². The Hall–Kier alpha value is -8.20. The minimum absolute atomic E-state index is 0.520. The molecule has 1 aromatic heterocycles. The number of para-hydroxylation sites is 2. The number of aryl methyl sites for hydroxylation is 1. The molecule has 1 aliphatic carbocycles. The fraction of sp³-hybridized carbons (Fsp3) is 0.118. The summed E-state index contributed by atoms with van der Waals surface area (Å²) in [6.07, 6.45) is 0.994. The normalized spacial score (nSPS) is 12.0. The van der Waals surface area contributed by atoms with Crippen molar-refractivity contribution in [1.82, 2.24) is 0 Å². The molecular formula is C68H59NO. The van der Waals surface area contributed by atoms with Gasteiger partial charge in [-0.2, -0.15) is 0 Å². The van der Waals surface area contributed by atoms with Crippen LogP contribution < -0.4 is 4.90 Å². The summed E-state index contributed by atoms with van der Waals surface area (Å²) in [5.74, 6) is 0. The minimum atomic E-state index is -0.520. The fourth-order valence-electron chi connectivity index (χ4n) is 10.9. The Kier molecular flexibility index (Phi) is 12.9. The lowest BCUT2D eigenvalue weighted by molar-refractivity contribution is 0.670. The second-order valence-corrected chi connectivity index (χ2v) is 17.5. The van der Waals surface area contributed by atoms with Crippen molar-refractivity contribution in [2.45, 2.75) is 53.4 Å². The van der Waals surface area contributed by atoms with Crippen LogP contribution in [-0.4, -0.2) is 0 Å². The van der Waals surface area contributed by atoms with Gasteiger partial charge in [0.15, 0.2) is 0 Å². The van der Waals surface area contributed by atoms with Crippen LogP contribution in [0.25, 0.3) is 66.4 Å². The summed E-state index contributed by atoms with van der Waals surface area (Å²) in [5, 5.41) is 2.26. The molecule has 0 radical (unpaired) electrons. The zero-order chi connectivity index (χ0) is 48.2. The van der Waals surface area contributed by atoms with E-state index in [0.29, 0.717) is 0 Å². The van der Waals surface area contributed by atoms with Gasteiger partial charge in [0.1, 0.15) is 11.2 Å². The molecule has 0 N–H and O–H groups in total. The van der Waals surface area contributed by atoms with Crippen molar-refractivity contribution in [2.24, 2.45) is 0 Å². The average Bonchev–Trinajstić information content (AvgIpc) is 3.97. The summed E-state index contributed by atoms with van der Waals surface area (Å²) in [6.45, 7) is 12.5. The van der Waals surface area contributed by atoms with Crippen LogP contribution in [0.5, 0.6) is 0 Å². The van der Waals surface area contributed by atoms with Crippen LogP contribution in [0, 0.1) is 6.92 Å². The molecule has 2 nitrogen and oxygen atoms in total. The first kappa shape index (κ1) is 45.6. The number of anilines is 3. The molecule has 0 amide bonds. The third-order valence-corrected chi connectivity index (χ3v) is 14.0. The number of furan rings is 1. The number of hydrogen-bond donors (Lipinski definition) is 0. The highest BCUT2D eigenvalue weighted by Crippen LogP contribution is 2.57. The molecule has 0 spiro atoms. The number of nitrogens with zero attached hydrogens (tertiary/aromatic N) is 1. The van der Waals surface area contributed by atoms with E-state index in [0.717, 1.165) is 56.5 Å². The SMILES string of the molecule is CC.CC.CCc1ccccc1-c1cccc(-c2ccc(N(c3ccc(-c4cccc5c4oc4ccccc45)cc3)c3ccc4c(c3)C(c3ccccc3)(c3ccccc3)c3ccccc3-4)cc2)c1C. The van der Waals surface area contributed by atoms with Gasteiger partial charge in [-0.1, -0.05) is 229 Å². The van der Waals surface area contributed by atoms with Crippen molar-refractivity contribution in [2.75, 3.05) is 4.90 Å². The second-order valence-electron chi connectivity index (χ2n) is 17.5. The summed E-state index contributed by atoms with van der Waals surface area (Å²) in [4.78, 5) is 2.42. The topological polar surface area (TPSA) is 16.4 Å². The van der Waals surface area contributed by atoms with Gasteiger partial charge in [-0.25, -0.2) is 0 Å². The maximum absolute atomic E-state index is 6.51. The van der Waals surface area contributed by atoms with E-state index in [4.69, 9.17) is 4.42 Å². The highest BCUT2D eigenvalue weighted by atomic mass is 16.3. The maximum atomic E-state index is 6.51. The number of rotatable bonds is 9. The molecule has 0 aliphatic heterocycles. The van der Waals surface area contributed by atoms with E-state index >= 15 is 0 Å². The van der Waals surface area contributed by atoms with E-state index in [1.807, 2.05) is 39.8 Å². The predicted octanol–water partition coefficient (Wildman–Crippen LogP) is 19.3. The molecule has 70 heavy (non-hydrogen) atoms. The highest BCUT2D eigenvalue weighted by molar-refractivity contribution is 6.09. The zero-order valence-corrected chi connectivity index (χ0v) is 41.1. The molecule has 11 aromatic rings. The van der Waals surface area contributed by atoms with Gasteiger partial charge >= 0.3 is 0 Å². The highest BCUT2D eigenvalue weighted by Gasteiger charge is 2.46. The second kappa shape index (κ2) is 19.8. The monoisotopic (exact) mass is 905 g/mol. The maximum Gasteiger partial charge on any atom is 0.143 e. The Bertz CT molecular complexity index is 3530. The van der Waals surface area contributed by atoms with Gasteiger partial charge in [0.2, 0.25) is 0 Å². The standard InChI is InChI=1S/C64H47NO.2C2H6/c1-3-44-18-10-11-23-54(44)53-27-16-26-52(43(53)2)45-32-36-49(37-33-45)65(50-38-34-46(35-39-50)55-28-17-29-59-58-25-13-15-31-62(58)66-63(55)59)51-40-41-57-56-24-12-14-30-60(56)64(61(57)42-51,47-19-6-4-7-20-47)48-21-8-5-9-22-48;2*1-2/h4-42H,3H2,1-2H3;2*1-2H3. The lowest BCUT2D eigenvalue weighted by atomic mass is 9.67. The molecule has 1 aliphatic rings. The van der Waals surface area contributed by atoms with Crippen molar-refractivity contribution in [3.63, 3.8) is 0 Å². The molecule has 0 atom stereocenters. The number of benzene rings is 10. The van der Waals surface area contributed by atoms with Crippen molar-refractivity contribution in [3.8, 4) is 44.5 Å². The number of hydrogen-bond acceptors (Lipinski definition) is 2. The molecule has 342 valence electrons. The number of fused-ring (bicyclic) bond motifs is 6. The van der Waals surface area contributed by atoms with Crippen LogP contribution in [-0.2, 0) is 11.8 Å². The van der Waals surface area contributed by atoms with Gasteiger partial charge in [-0.3, -0.25) is 0 Å². The Morgan fingerprint density at radius 1 is 0.386 bits per heavy atom. The lowest BCUT2D eigenvalue weighted by Crippen LogP contribution is -2.28.